The van der Waals surface area contributed by atoms with Crippen molar-refractivity contribution in [3.8, 4) is 0 Å². The Kier molecular flexibility index (Phi) is 3.43. The predicted octanol–water partition coefficient (Wildman–Crippen LogP) is 2.33. The molecule has 0 amide bonds. The van der Waals surface area contributed by atoms with Gasteiger partial charge >= 0.3 is 5.97 Å². The van der Waals surface area contributed by atoms with E-state index in [9.17, 15) is 9.18 Å². The molecule has 0 bridgehead atoms. The molecule has 1 aliphatic heterocycles. The second-order valence-electron chi connectivity index (χ2n) is 4.62. The third-order valence-corrected chi connectivity index (χ3v) is 3.41. The summed E-state index contributed by atoms with van der Waals surface area (Å²) in [6.07, 6.45) is 1.86. The molecular formula is C13H16FNO2. The normalized spacial score (nSPS) is 18.2. The monoisotopic (exact) mass is 237 g/mol. The number of nitrogens with zero attached hydrogens (tertiary/aromatic N) is 1. The topological polar surface area (TPSA) is 40.5 Å². The first-order valence-corrected chi connectivity index (χ1v) is 5.79. The van der Waals surface area contributed by atoms with Crippen LogP contribution < -0.4 is 0 Å². The first kappa shape index (κ1) is 12.0. The Balaban J connectivity index is 2.19. The van der Waals surface area contributed by atoms with Crippen LogP contribution in [0.3, 0.4) is 0 Å². The first-order chi connectivity index (χ1) is 8.08. The van der Waals surface area contributed by atoms with Crippen molar-refractivity contribution >= 4 is 5.97 Å². The van der Waals surface area contributed by atoms with Gasteiger partial charge in [-0.2, -0.15) is 0 Å². The van der Waals surface area contributed by atoms with Crippen LogP contribution in [0, 0.1) is 5.82 Å². The van der Waals surface area contributed by atoms with Gasteiger partial charge in [-0.25, -0.2) is 9.18 Å². The Labute approximate surface area is 99.9 Å². The van der Waals surface area contributed by atoms with Crippen molar-refractivity contribution in [1.82, 2.24) is 4.90 Å². The molecule has 3 nitrogen and oxygen atoms in total. The number of carboxylic acids is 1. The number of carboxylic acid groups (broad SMARTS) is 1. The summed E-state index contributed by atoms with van der Waals surface area (Å²) in [7, 11) is 2.06. The first-order valence-electron chi connectivity index (χ1n) is 5.79. The van der Waals surface area contributed by atoms with Crippen LogP contribution in [0.1, 0.15) is 34.7 Å². The van der Waals surface area contributed by atoms with Crippen LogP contribution in [0.15, 0.2) is 18.2 Å². The molecule has 1 saturated heterocycles. The lowest BCUT2D eigenvalue weighted by Gasteiger charge is -2.29. The number of hydrogen-bond acceptors (Lipinski definition) is 2. The zero-order valence-electron chi connectivity index (χ0n) is 9.82. The Morgan fingerprint density at radius 3 is 2.59 bits per heavy atom. The largest absolute Gasteiger partial charge is 0.478 e. The minimum Gasteiger partial charge on any atom is -0.478 e. The molecule has 2 rings (SSSR count). The maximum atomic E-state index is 13.8. The average Bonchev–Trinajstić information content (AvgIpc) is 2.30. The SMILES string of the molecule is CN1CCC(c2ccc(C(=O)O)cc2F)CC1. The lowest BCUT2D eigenvalue weighted by Crippen LogP contribution is -2.29. The van der Waals surface area contributed by atoms with Crippen LogP contribution in [0.5, 0.6) is 0 Å². The Morgan fingerprint density at radius 1 is 1.41 bits per heavy atom. The Morgan fingerprint density at radius 2 is 2.06 bits per heavy atom. The molecule has 1 aromatic rings. The van der Waals surface area contributed by atoms with E-state index in [-0.39, 0.29) is 17.3 Å². The molecule has 92 valence electrons. The van der Waals surface area contributed by atoms with Crippen molar-refractivity contribution in [2.45, 2.75) is 18.8 Å². The molecule has 0 aromatic heterocycles. The fraction of sp³-hybridized carbons (Fsp3) is 0.462. The second kappa shape index (κ2) is 4.84. The van der Waals surface area contributed by atoms with E-state index in [1.807, 2.05) is 0 Å². The lowest BCUT2D eigenvalue weighted by molar-refractivity contribution is 0.0696. The minimum absolute atomic E-state index is 0.0131. The zero-order chi connectivity index (χ0) is 12.4. The molecule has 1 N–H and O–H groups in total. The maximum absolute atomic E-state index is 13.8. The summed E-state index contributed by atoms with van der Waals surface area (Å²) in [5, 5.41) is 8.77. The highest BCUT2D eigenvalue weighted by Gasteiger charge is 2.21. The molecule has 4 heteroatoms. The fourth-order valence-corrected chi connectivity index (χ4v) is 2.31. The highest BCUT2D eigenvalue weighted by Crippen LogP contribution is 2.29. The number of halogens is 1. The molecule has 0 aliphatic carbocycles. The van der Waals surface area contributed by atoms with Gasteiger partial charge in [0.2, 0.25) is 0 Å². The van der Waals surface area contributed by atoms with Gasteiger partial charge < -0.3 is 10.0 Å². The predicted molar refractivity (Wildman–Crippen MR) is 62.8 cm³/mol. The smallest absolute Gasteiger partial charge is 0.335 e. The number of piperidine rings is 1. The molecule has 0 radical (unpaired) electrons. The van der Waals surface area contributed by atoms with Crippen molar-refractivity contribution in [3.05, 3.63) is 35.1 Å². The summed E-state index contributed by atoms with van der Waals surface area (Å²) in [4.78, 5) is 12.9. The number of benzene rings is 1. The molecular weight excluding hydrogens is 221 g/mol. The third-order valence-electron chi connectivity index (χ3n) is 3.41. The number of rotatable bonds is 2. The van der Waals surface area contributed by atoms with E-state index in [2.05, 4.69) is 11.9 Å². The van der Waals surface area contributed by atoms with Crippen molar-refractivity contribution in [2.24, 2.45) is 0 Å². The summed E-state index contributed by atoms with van der Waals surface area (Å²) >= 11 is 0. The molecule has 17 heavy (non-hydrogen) atoms. The fourth-order valence-electron chi connectivity index (χ4n) is 2.31. The number of likely N-dealkylation sites (tertiary alicyclic amines) is 1. The summed E-state index contributed by atoms with van der Waals surface area (Å²) in [5.41, 5.74) is 0.669. The van der Waals surface area contributed by atoms with Crippen LogP contribution >= 0.6 is 0 Å². The number of hydrogen-bond donors (Lipinski definition) is 1. The van der Waals surface area contributed by atoms with Gasteiger partial charge in [-0.05, 0) is 56.6 Å². The van der Waals surface area contributed by atoms with Crippen LogP contribution in [0.4, 0.5) is 4.39 Å². The van der Waals surface area contributed by atoms with E-state index in [0.717, 1.165) is 32.0 Å². The number of aromatic carboxylic acids is 1. The zero-order valence-corrected chi connectivity index (χ0v) is 9.82. The highest BCUT2D eigenvalue weighted by atomic mass is 19.1. The van der Waals surface area contributed by atoms with Crippen LogP contribution in [0.25, 0.3) is 0 Å². The van der Waals surface area contributed by atoms with Gasteiger partial charge in [0, 0.05) is 0 Å². The quantitative estimate of drug-likeness (QED) is 0.858. The van der Waals surface area contributed by atoms with E-state index < -0.39 is 5.97 Å². The van der Waals surface area contributed by atoms with E-state index in [4.69, 9.17) is 5.11 Å². The van der Waals surface area contributed by atoms with E-state index in [0.29, 0.717) is 5.56 Å². The molecule has 0 spiro atoms. The van der Waals surface area contributed by atoms with Crippen molar-refractivity contribution in [3.63, 3.8) is 0 Å². The van der Waals surface area contributed by atoms with Crippen molar-refractivity contribution in [2.75, 3.05) is 20.1 Å². The second-order valence-corrected chi connectivity index (χ2v) is 4.62. The lowest BCUT2D eigenvalue weighted by atomic mass is 9.89. The summed E-state index contributed by atoms with van der Waals surface area (Å²) in [6.45, 7) is 1.93. The van der Waals surface area contributed by atoms with Crippen LogP contribution in [-0.2, 0) is 0 Å². The Bertz CT molecular complexity index is 425. The molecule has 0 atom stereocenters. The van der Waals surface area contributed by atoms with Crippen molar-refractivity contribution in [1.29, 1.82) is 0 Å². The molecule has 1 aromatic carbocycles. The van der Waals surface area contributed by atoms with Crippen molar-refractivity contribution < 1.29 is 14.3 Å². The number of carbonyl (C=O) groups is 1. The molecule has 1 heterocycles. The van der Waals surface area contributed by atoms with Gasteiger partial charge in [-0.15, -0.1) is 0 Å². The summed E-state index contributed by atoms with van der Waals surface area (Å²) in [6, 6.07) is 4.23. The molecule has 0 saturated carbocycles. The van der Waals surface area contributed by atoms with Crippen LogP contribution in [0.2, 0.25) is 0 Å². The van der Waals surface area contributed by atoms with E-state index >= 15 is 0 Å². The van der Waals surface area contributed by atoms with Gasteiger partial charge in [-0.3, -0.25) is 0 Å². The van der Waals surface area contributed by atoms with E-state index in [1.54, 1.807) is 6.07 Å². The third kappa shape index (κ3) is 2.64. The molecule has 1 fully saturated rings. The maximum Gasteiger partial charge on any atom is 0.335 e. The van der Waals surface area contributed by atoms with Gasteiger partial charge in [0.15, 0.2) is 0 Å². The van der Waals surface area contributed by atoms with E-state index in [1.165, 1.54) is 6.07 Å². The standard InChI is InChI=1S/C13H16FNO2/c1-15-6-4-9(5-7-15)11-3-2-10(13(16)17)8-12(11)14/h2-3,8-9H,4-7H2,1H3,(H,16,17). The summed E-state index contributed by atoms with van der Waals surface area (Å²) in [5.74, 6) is -1.26. The van der Waals surface area contributed by atoms with Gasteiger partial charge in [-0.1, -0.05) is 6.07 Å². The highest BCUT2D eigenvalue weighted by molar-refractivity contribution is 5.87. The average molecular weight is 237 g/mol. The van der Waals surface area contributed by atoms with Gasteiger partial charge in [0.05, 0.1) is 5.56 Å². The van der Waals surface area contributed by atoms with Gasteiger partial charge in [0.1, 0.15) is 5.82 Å². The molecule has 0 unspecified atom stereocenters. The molecule has 1 aliphatic rings. The van der Waals surface area contributed by atoms with Gasteiger partial charge in [0.25, 0.3) is 0 Å². The van der Waals surface area contributed by atoms with Crippen LogP contribution in [-0.4, -0.2) is 36.1 Å². The summed E-state index contributed by atoms with van der Waals surface area (Å²) < 4.78 is 13.8. The Hall–Kier alpha value is -1.42. The minimum atomic E-state index is -1.08.